The number of hydrogen-bond donors (Lipinski definition) is 0. The highest BCUT2D eigenvalue weighted by Gasteiger charge is 2.22. The van der Waals surface area contributed by atoms with Crippen LogP contribution in [0.4, 0.5) is 5.69 Å². The van der Waals surface area contributed by atoms with Crippen molar-refractivity contribution in [1.82, 2.24) is 14.6 Å². The number of amides is 1. The molecule has 24 heavy (non-hydrogen) atoms. The lowest BCUT2D eigenvalue weighted by Gasteiger charge is -2.20. The van der Waals surface area contributed by atoms with Crippen molar-refractivity contribution >= 4 is 52.2 Å². The molecule has 124 valence electrons. The Morgan fingerprint density at radius 2 is 1.96 bits per heavy atom. The van der Waals surface area contributed by atoms with E-state index in [1.54, 1.807) is 28.6 Å². The van der Waals surface area contributed by atoms with Crippen molar-refractivity contribution < 1.29 is 4.79 Å². The van der Waals surface area contributed by atoms with Crippen molar-refractivity contribution in [2.75, 3.05) is 11.9 Å². The van der Waals surface area contributed by atoms with Gasteiger partial charge in [-0.3, -0.25) is 9.20 Å². The molecule has 0 saturated heterocycles. The lowest BCUT2D eigenvalue weighted by molar-refractivity contribution is -0.117. The van der Waals surface area contributed by atoms with Crippen LogP contribution in [0.1, 0.15) is 6.92 Å². The number of halogens is 2. The fraction of sp³-hybridized carbons (Fsp3) is 0.188. The summed E-state index contributed by atoms with van der Waals surface area (Å²) in [7, 11) is 1.75. The van der Waals surface area contributed by atoms with Crippen LogP contribution in [0, 0.1) is 0 Å². The first-order valence-electron chi connectivity index (χ1n) is 7.16. The molecule has 0 aliphatic carbocycles. The third-order valence-electron chi connectivity index (χ3n) is 3.50. The maximum absolute atomic E-state index is 12.6. The topological polar surface area (TPSA) is 50.5 Å². The molecule has 0 fully saturated rings. The third-order valence-corrected chi connectivity index (χ3v) is 5.03. The molecule has 0 saturated carbocycles. The van der Waals surface area contributed by atoms with Gasteiger partial charge >= 0.3 is 0 Å². The van der Waals surface area contributed by atoms with E-state index in [1.807, 2.05) is 37.3 Å². The fourth-order valence-electron chi connectivity index (χ4n) is 2.24. The van der Waals surface area contributed by atoms with E-state index >= 15 is 0 Å². The number of anilines is 1. The van der Waals surface area contributed by atoms with Crippen molar-refractivity contribution in [3.8, 4) is 0 Å². The van der Waals surface area contributed by atoms with Gasteiger partial charge in [0.2, 0.25) is 5.91 Å². The summed E-state index contributed by atoms with van der Waals surface area (Å²) in [5, 5.41) is 9.28. The Morgan fingerprint density at radius 1 is 1.25 bits per heavy atom. The Hall–Kier alpha value is -1.76. The molecule has 3 aromatic rings. The number of nitrogens with zero attached hydrogens (tertiary/aromatic N) is 4. The van der Waals surface area contributed by atoms with Gasteiger partial charge in [0.05, 0.1) is 15.3 Å². The predicted octanol–water partition coefficient (Wildman–Crippen LogP) is 4.18. The summed E-state index contributed by atoms with van der Waals surface area (Å²) in [6.45, 7) is 1.83. The molecule has 1 amide bonds. The minimum Gasteiger partial charge on any atom is -0.315 e. The maximum atomic E-state index is 12.6. The number of hydrogen-bond acceptors (Lipinski definition) is 4. The van der Waals surface area contributed by atoms with Gasteiger partial charge in [0, 0.05) is 18.9 Å². The standard InChI is InChI=1S/C16H14Cl2N4OS/c1-10(15(23)21(2)12-6-4-3-5-7-12)24-16-20-19-14-13(18)8-11(17)9-22(14)16/h3-10H,1-2H3. The summed E-state index contributed by atoms with van der Waals surface area (Å²) in [6, 6.07) is 11.1. The number of carbonyl (C=O) groups is 1. The number of rotatable bonds is 4. The second-order valence-electron chi connectivity index (χ2n) is 5.18. The van der Waals surface area contributed by atoms with E-state index in [4.69, 9.17) is 23.2 Å². The number of carbonyl (C=O) groups excluding carboxylic acids is 1. The Balaban J connectivity index is 1.82. The average molecular weight is 381 g/mol. The summed E-state index contributed by atoms with van der Waals surface area (Å²) in [6.07, 6.45) is 1.68. The first-order chi connectivity index (χ1) is 11.5. The van der Waals surface area contributed by atoms with Gasteiger partial charge in [-0.05, 0) is 25.1 Å². The van der Waals surface area contributed by atoms with E-state index in [1.165, 1.54) is 11.8 Å². The maximum Gasteiger partial charge on any atom is 0.240 e. The summed E-state index contributed by atoms with van der Waals surface area (Å²) in [4.78, 5) is 14.3. The van der Waals surface area contributed by atoms with E-state index in [0.717, 1.165) is 5.69 Å². The fourth-order valence-corrected chi connectivity index (χ4v) is 3.67. The Morgan fingerprint density at radius 3 is 2.67 bits per heavy atom. The lowest BCUT2D eigenvalue weighted by Crippen LogP contribution is -2.33. The van der Waals surface area contributed by atoms with Gasteiger partial charge in [0.15, 0.2) is 10.8 Å². The van der Waals surface area contributed by atoms with Gasteiger partial charge in [0.25, 0.3) is 0 Å². The van der Waals surface area contributed by atoms with Crippen LogP contribution in [0.2, 0.25) is 10.0 Å². The number of thioether (sulfide) groups is 1. The molecule has 8 heteroatoms. The molecule has 0 aliphatic rings. The predicted molar refractivity (Wildman–Crippen MR) is 98.2 cm³/mol. The molecule has 5 nitrogen and oxygen atoms in total. The molecule has 2 aromatic heterocycles. The van der Waals surface area contributed by atoms with Crippen molar-refractivity contribution in [3.05, 3.63) is 52.6 Å². The molecule has 0 aliphatic heterocycles. The Kier molecular flexibility index (Phi) is 4.99. The van der Waals surface area contributed by atoms with Crippen LogP contribution in [-0.2, 0) is 4.79 Å². The molecule has 1 unspecified atom stereocenters. The monoisotopic (exact) mass is 380 g/mol. The van der Waals surface area contributed by atoms with Crippen LogP contribution < -0.4 is 4.90 Å². The zero-order valence-electron chi connectivity index (χ0n) is 13.0. The molecular formula is C16H14Cl2N4OS. The number of benzene rings is 1. The number of fused-ring (bicyclic) bond motifs is 1. The Labute approximate surface area is 153 Å². The van der Waals surface area contributed by atoms with Crippen LogP contribution in [0.15, 0.2) is 47.8 Å². The highest BCUT2D eigenvalue weighted by molar-refractivity contribution is 8.00. The molecule has 3 rings (SSSR count). The second-order valence-corrected chi connectivity index (χ2v) is 7.33. The zero-order valence-corrected chi connectivity index (χ0v) is 15.3. The average Bonchev–Trinajstić information content (AvgIpc) is 2.97. The number of aromatic nitrogens is 3. The van der Waals surface area contributed by atoms with Crippen molar-refractivity contribution in [2.45, 2.75) is 17.3 Å². The molecule has 1 atom stereocenters. The van der Waals surface area contributed by atoms with Crippen molar-refractivity contribution in [3.63, 3.8) is 0 Å². The summed E-state index contributed by atoms with van der Waals surface area (Å²) >= 11 is 13.5. The minimum absolute atomic E-state index is 0.0314. The molecule has 0 radical (unpaired) electrons. The van der Waals surface area contributed by atoms with Gasteiger partial charge in [-0.2, -0.15) is 0 Å². The summed E-state index contributed by atoms with van der Waals surface area (Å²) in [5.74, 6) is -0.0314. The Bertz CT molecular complexity index is 884. The van der Waals surface area contributed by atoms with Crippen LogP contribution in [-0.4, -0.2) is 32.8 Å². The highest BCUT2D eigenvalue weighted by atomic mass is 35.5. The van der Waals surface area contributed by atoms with Gasteiger partial charge in [0.1, 0.15) is 0 Å². The van der Waals surface area contributed by atoms with E-state index in [9.17, 15) is 4.79 Å². The van der Waals surface area contributed by atoms with Crippen LogP contribution in [0.5, 0.6) is 0 Å². The molecule has 2 heterocycles. The van der Waals surface area contributed by atoms with E-state index in [0.29, 0.717) is 20.8 Å². The first kappa shape index (κ1) is 17.1. The van der Waals surface area contributed by atoms with Crippen molar-refractivity contribution in [2.24, 2.45) is 0 Å². The van der Waals surface area contributed by atoms with Gasteiger partial charge in [-0.25, -0.2) is 0 Å². The van der Waals surface area contributed by atoms with Crippen LogP contribution in [0.3, 0.4) is 0 Å². The van der Waals surface area contributed by atoms with Crippen molar-refractivity contribution in [1.29, 1.82) is 0 Å². The van der Waals surface area contributed by atoms with Crippen LogP contribution >= 0.6 is 35.0 Å². The van der Waals surface area contributed by atoms with Gasteiger partial charge in [-0.15, -0.1) is 10.2 Å². The number of pyridine rings is 1. The quantitative estimate of drug-likeness (QED) is 0.637. The number of para-hydroxylation sites is 1. The zero-order chi connectivity index (χ0) is 17.3. The second kappa shape index (κ2) is 7.01. The third kappa shape index (κ3) is 3.36. The van der Waals surface area contributed by atoms with E-state index in [-0.39, 0.29) is 11.2 Å². The highest BCUT2D eigenvalue weighted by Crippen LogP contribution is 2.28. The summed E-state index contributed by atoms with van der Waals surface area (Å²) < 4.78 is 1.70. The van der Waals surface area contributed by atoms with E-state index in [2.05, 4.69) is 10.2 Å². The SMILES string of the molecule is CC(Sc1nnc2c(Cl)cc(Cl)cn12)C(=O)N(C)c1ccccc1. The largest absolute Gasteiger partial charge is 0.315 e. The molecule has 0 N–H and O–H groups in total. The molecule has 1 aromatic carbocycles. The minimum atomic E-state index is -0.347. The van der Waals surface area contributed by atoms with Crippen LogP contribution in [0.25, 0.3) is 5.65 Å². The molecular weight excluding hydrogens is 367 g/mol. The smallest absolute Gasteiger partial charge is 0.240 e. The van der Waals surface area contributed by atoms with Gasteiger partial charge < -0.3 is 4.90 Å². The first-order valence-corrected chi connectivity index (χ1v) is 8.80. The molecule has 0 spiro atoms. The van der Waals surface area contributed by atoms with Gasteiger partial charge in [-0.1, -0.05) is 53.2 Å². The normalized spacial score (nSPS) is 12.3. The lowest BCUT2D eigenvalue weighted by atomic mass is 10.3. The summed E-state index contributed by atoms with van der Waals surface area (Å²) in [5.41, 5.74) is 1.35. The van der Waals surface area contributed by atoms with E-state index < -0.39 is 0 Å². The molecule has 0 bridgehead atoms.